The molecule has 1 aromatic heterocycles. The van der Waals surface area contributed by atoms with Crippen molar-refractivity contribution in [1.82, 2.24) is 9.97 Å². The van der Waals surface area contributed by atoms with Crippen molar-refractivity contribution < 1.29 is 14.6 Å². The minimum absolute atomic E-state index is 0.239. The van der Waals surface area contributed by atoms with E-state index >= 15 is 0 Å². The van der Waals surface area contributed by atoms with Crippen molar-refractivity contribution in [2.24, 2.45) is 0 Å². The summed E-state index contributed by atoms with van der Waals surface area (Å²) in [5, 5.41) is 9.07. The van der Waals surface area contributed by atoms with Crippen LogP contribution in [0.4, 0.5) is 5.69 Å². The van der Waals surface area contributed by atoms with Crippen LogP contribution in [0.2, 0.25) is 0 Å². The molecule has 3 aromatic rings. The summed E-state index contributed by atoms with van der Waals surface area (Å²) in [5.74, 6) is -0.211. The Kier molecular flexibility index (Phi) is 3.66. The number of benzene rings is 2. The van der Waals surface area contributed by atoms with Gasteiger partial charge in [-0.2, -0.15) is 0 Å². The Bertz CT molecular complexity index is 880. The number of H-pyrrole nitrogens is 1. The van der Waals surface area contributed by atoms with Gasteiger partial charge in [0.25, 0.3) is 0 Å². The van der Waals surface area contributed by atoms with Gasteiger partial charge in [-0.15, -0.1) is 0 Å². The Labute approximate surface area is 138 Å². The average Bonchev–Trinajstić information content (AvgIpc) is 3.06. The highest BCUT2D eigenvalue weighted by Crippen LogP contribution is 2.24. The van der Waals surface area contributed by atoms with E-state index in [4.69, 9.17) is 9.84 Å². The van der Waals surface area contributed by atoms with Crippen LogP contribution in [0.15, 0.2) is 42.5 Å². The predicted molar refractivity (Wildman–Crippen MR) is 91.5 cm³/mol. The third-order valence-electron chi connectivity index (χ3n) is 4.25. The lowest BCUT2D eigenvalue weighted by Crippen LogP contribution is -2.36. The highest BCUT2D eigenvalue weighted by atomic mass is 16.5. The fourth-order valence-electron chi connectivity index (χ4n) is 2.93. The van der Waals surface area contributed by atoms with Gasteiger partial charge in [-0.3, -0.25) is 0 Å². The second-order valence-corrected chi connectivity index (χ2v) is 5.77. The number of imidazole rings is 1. The third kappa shape index (κ3) is 2.72. The number of hydrogen-bond acceptors (Lipinski definition) is 4. The molecular weight excluding hydrogens is 306 g/mol. The van der Waals surface area contributed by atoms with Gasteiger partial charge in [-0.1, -0.05) is 0 Å². The number of ether oxygens (including phenoxy) is 1. The van der Waals surface area contributed by atoms with Crippen LogP contribution in [-0.2, 0) is 4.74 Å². The topological polar surface area (TPSA) is 78.5 Å². The molecule has 0 spiro atoms. The molecule has 24 heavy (non-hydrogen) atoms. The molecule has 6 nitrogen and oxygen atoms in total. The second kappa shape index (κ2) is 5.98. The molecule has 1 aliphatic rings. The zero-order valence-corrected chi connectivity index (χ0v) is 13.0. The smallest absolute Gasteiger partial charge is 0.335 e. The Hall–Kier alpha value is -2.86. The van der Waals surface area contributed by atoms with Gasteiger partial charge in [0.2, 0.25) is 0 Å². The number of anilines is 1. The highest BCUT2D eigenvalue weighted by Gasteiger charge is 2.12. The number of carboxylic acid groups (broad SMARTS) is 1. The first-order valence-electron chi connectivity index (χ1n) is 7.87. The van der Waals surface area contributed by atoms with Crippen LogP contribution in [0.3, 0.4) is 0 Å². The lowest BCUT2D eigenvalue weighted by Gasteiger charge is -2.28. The van der Waals surface area contributed by atoms with Crippen LogP contribution in [0.25, 0.3) is 22.4 Å². The largest absolute Gasteiger partial charge is 0.478 e. The van der Waals surface area contributed by atoms with Gasteiger partial charge in [0.1, 0.15) is 5.82 Å². The first-order valence-corrected chi connectivity index (χ1v) is 7.87. The maximum Gasteiger partial charge on any atom is 0.335 e. The lowest BCUT2D eigenvalue weighted by molar-refractivity contribution is 0.0697. The fourth-order valence-corrected chi connectivity index (χ4v) is 2.93. The average molecular weight is 323 g/mol. The van der Waals surface area contributed by atoms with E-state index in [-0.39, 0.29) is 5.56 Å². The van der Waals surface area contributed by atoms with Crippen molar-refractivity contribution in [3.8, 4) is 11.4 Å². The quantitative estimate of drug-likeness (QED) is 0.775. The highest BCUT2D eigenvalue weighted by molar-refractivity contribution is 5.93. The number of rotatable bonds is 3. The van der Waals surface area contributed by atoms with Crippen molar-refractivity contribution >= 4 is 22.7 Å². The second-order valence-electron chi connectivity index (χ2n) is 5.77. The maximum atomic E-state index is 11.1. The Morgan fingerprint density at radius 2 is 1.88 bits per heavy atom. The summed E-state index contributed by atoms with van der Waals surface area (Å²) in [6.07, 6.45) is 0. The monoisotopic (exact) mass is 323 g/mol. The summed E-state index contributed by atoms with van der Waals surface area (Å²) in [4.78, 5) is 21.1. The van der Waals surface area contributed by atoms with Crippen molar-refractivity contribution in [2.45, 2.75) is 0 Å². The predicted octanol–water partition coefficient (Wildman–Crippen LogP) is 2.76. The number of carboxylic acids is 1. The molecule has 0 unspecified atom stereocenters. The number of nitrogens with zero attached hydrogens (tertiary/aromatic N) is 2. The number of nitrogens with one attached hydrogen (secondary N) is 1. The summed E-state index contributed by atoms with van der Waals surface area (Å²) >= 11 is 0. The SMILES string of the molecule is O=C(O)c1ccc2[nH]c(-c3ccc(N4CCOCC4)cc3)nc2c1. The third-order valence-corrected chi connectivity index (χ3v) is 4.25. The van der Waals surface area contributed by atoms with Crippen molar-refractivity contribution in [1.29, 1.82) is 0 Å². The zero-order valence-electron chi connectivity index (χ0n) is 13.0. The van der Waals surface area contributed by atoms with E-state index < -0.39 is 5.97 Å². The number of aromatic carboxylic acids is 1. The molecule has 0 aliphatic carbocycles. The zero-order chi connectivity index (χ0) is 16.5. The molecule has 6 heteroatoms. The molecule has 1 aliphatic heterocycles. The van der Waals surface area contributed by atoms with Crippen LogP contribution in [0, 0.1) is 0 Å². The fraction of sp³-hybridized carbons (Fsp3) is 0.222. The van der Waals surface area contributed by atoms with E-state index in [1.807, 2.05) is 12.1 Å². The van der Waals surface area contributed by atoms with Gasteiger partial charge in [0, 0.05) is 24.3 Å². The Morgan fingerprint density at radius 3 is 2.58 bits per heavy atom. The Morgan fingerprint density at radius 1 is 1.12 bits per heavy atom. The molecular formula is C18H17N3O3. The number of morpholine rings is 1. The first kappa shape index (κ1) is 14.7. The van der Waals surface area contributed by atoms with E-state index in [0.29, 0.717) is 5.52 Å². The molecule has 0 amide bonds. The van der Waals surface area contributed by atoms with Crippen LogP contribution >= 0.6 is 0 Å². The van der Waals surface area contributed by atoms with Crippen LogP contribution < -0.4 is 4.90 Å². The van der Waals surface area contributed by atoms with Gasteiger partial charge in [0.15, 0.2) is 0 Å². The molecule has 2 heterocycles. The lowest BCUT2D eigenvalue weighted by atomic mass is 10.2. The number of aromatic amines is 1. The summed E-state index contributed by atoms with van der Waals surface area (Å²) in [6, 6.07) is 13.1. The number of aromatic nitrogens is 2. The Balaban J connectivity index is 1.63. The summed E-state index contributed by atoms with van der Waals surface area (Å²) in [6.45, 7) is 3.33. The molecule has 1 fully saturated rings. The molecule has 2 N–H and O–H groups in total. The molecule has 2 aromatic carbocycles. The number of fused-ring (bicyclic) bond motifs is 1. The van der Waals surface area contributed by atoms with E-state index in [2.05, 4.69) is 27.0 Å². The van der Waals surface area contributed by atoms with Gasteiger partial charge in [0.05, 0.1) is 29.8 Å². The van der Waals surface area contributed by atoms with E-state index in [9.17, 15) is 4.79 Å². The van der Waals surface area contributed by atoms with Gasteiger partial charge >= 0.3 is 5.97 Å². The van der Waals surface area contributed by atoms with E-state index in [1.54, 1.807) is 18.2 Å². The molecule has 0 atom stereocenters. The minimum Gasteiger partial charge on any atom is -0.478 e. The van der Waals surface area contributed by atoms with E-state index in [0.717, 1.165) is 43.2 Å². The molecule has 1 saturated heterocycles. The van der Waals surface area contributed by atoms with Gasteiger partial charge < -0.3 is 19.7 Å². The summed E-state index contributed by atoms with van der Waals surface area (Å²) < 4.78 is 5.38. The van der Waals surface area contributed by atoms with Crippen LogP contribution in [-0.4, -0.2) is 47.3 Å². The van der Waals surface area contributed by atoms with E-state index in [1.165, 1.54) is 5.69 Å². The van der Waals surface area contributed by atoms with Crippen molar-refractivity contribution in [2.75, 3.05) is 31.2 Å². The standard InChI is InChI=1S/C18H17N3O3/c22-18(23)13-3-6-15-16(11-13)20-17(19-15)12-1-4-14(5-2-12)21-7-9-24-10-8-21/h1-6,11H,7-10H2,(H,19,20)(H,22,23). The molecule has 122 valence electrons. The van der Waals surface area contributed by atoms with Crippen molar-refractivity contribution in [3.63, 3.8) is 0 Å². The molecule has 0 radical (unpaired) electrons. The number of carbonyl (C=O) groups is 1. The molecule has 0 bridgehead atoms. The molecule has 0 saturated carbocycles. The van der Waals surface area contributed by atoms with Gasteiger partial charge in [-0.25, -0.2) is 9.78 Å². The number of hydrogen-bond donors (Lipinski definition) is 2. The van der Waals surface area contributed by atoms with Gasteiger partial charge in [-0.05, 0) is 42.5 Å². The summed E-state index contributed by atoms with van der Waals surface area (Å²) in [5.41, 5.74) is 3.86. The van der Waals surface area contributed by atoms with Crippen molar-refractivity contribution in [3.05, 3.63) is 48.0 Å². The maximum absolute atomic E-state index is 11.1. The minimum atomic E-state index is -0.948. The van der Waals surface area contributed by atoms with Crippen LogP contribution in [0.1, 0.15) is 10.4 Å². The first-order chi connectivity index (χ1) is 11.7. The molecule has 4 rings (SSSR count). The summed E-state index contributed by atoms with van der Waals surface area (Å²) in [7, 11) is 0. The normalized spacial score (nSPS) is 14.9. The van der Waals surface area contributed by atoms with Crippen LogP contribution in [0.5, 0.6) is 0 Å².